The minimum absolute atomic E-state index is 0.00736. The molecule has 1 aliphatic rings. The molecule has 1 fully saturated rings. The van der Waals surface area contributed by atoms with Gasteiger partial charge in [-0.2, -0.15) is 0 Å². The van der Waals surface area contributed by atoms with Crippen molar-refractivity contribution in [2.24, 2.45) is 17.3 Å². The second-order valence-electron chi connectivity index (χ2n) is 5.87. The van der Waals surface area contributed by atoms with Gasteiger partial charge in [0, 0.05) is 11.8 Å². The van der Waals surface area contributed by atoms with Crippen LogP contribution < -0.4 is 0 Å². The summed E-state index contributed by atoms with van der Waals surface area (Å²) in [5.74, 6) is 1.65. The molecule has 0 aliphatic heterocycles. The zero-order chi connectivity index (χ0) is 12.2. The molecule has 1 nitrogen and oxygen atoms in total. The number of unbranched alkanes of at least 4 members (excludes halogenated alkanes) is 2. The molecule has 2 atom stereocenters. The number of carbonyl (C=O) groups excluding carboxylic acids is 1. The maximum atomic E-state index is 12.4. The molecule has 0 aromatic rings. The number of hydrogen-bond acceptors (Lipinski definition) is 1. The van der Waals surface area contributed by atoms with Crippen LogP contribution in [0.3, 0.4) is 0 Å². The summed E-state index contributed by atoms with van der Waals surface area (Å²) in [5.41, 5.74) is 0.00736. The Balaban J connectivity index is 2.79. The molecule has 0 heterocycles. The van der Waals surface area contributed by atoms with Crippen molar-refractivity contribution in [3.8, 4) is 0 Å². The quantitative estimate of drug-likeness (QED) is 0.624. The van der Waals surface area contributed by atoms with Crippen LogP contribution in [0.25, 0.3) is 0 Å². The summed E-state index contributed by atoms with van der Waals surface area (Å²) in [7, 11) is 0. The van der Waals surface area contributed by atoms with Gasteiger partial charge in [-0.05, 0) is 31.1 Å². The van der Waals surface area contributed by atoms with E-state index in [1.807, 2.05) is 0 Å². The zero-order valence-electron chi connectivity index (χ0n) is 11.5. The van der Waals surface area contributed by atoms with Crippen LogP contribution in [0, 0.1) is 17.3 Å². The lowest BCUT2D eigenvalue weighted by atomic mass is 9.58. The van der Waals surface area contributed by atoms with Gasteiger partial charge in [-0.1, -0.05) is 47.0 Å². The molecule has 16 heavy (non-hydrogen) atoms. The van der Waals surface area contributed by atoms with Crippen molar-refractivity contribution in [2.45, 2.75) is 72.6 Å². The van der Waals surface area contributed by atoms with Crippen LogP contribution in [0.5, 0.6) is 0 Å². The van der Waals surface area contributed by atoms with Crippen molar-refractivity contribution in [3.63, 3.8) is 0 Å². The van der Waals surface area contributed by atoms with E-state index >= 15 is 0 Å². The van der Waals surface area contributed by atoms with Crippen LogP contribution >= 0.6 is 0 Å². The Morgan fingerprint density at radius 2 is 2.06 bits per heavy atom. The Bertz CT molecular complexity index is 232. The first-order valence-corrected chi connectivity index (χ1v) is 7.09. The Morgan fingerprint density at radius 3 is 2.56 bits per heavy atom. The van der Waals surface area contributed by atoms with Gasteiger partial charge >= 0.3 is 0 Å². The zero-order valence-corrected chi connectivity index (χ0v) is 11.5. The van der Waals surface area contributed by atoms with E-state index in [9.17, 15) is 4.79 Å². The third-order valence-electron chi connectivity index (χ3n) is 4.66. The summed E-state index contributed by atoms with van der Waals surface area (Å²) in [6.45, 7) is 9.01. The topological polar surface area (TPSA) is 17.1 Å². The summed E-state index contributed by atoms with van der Waals surface area (Å²) in [6, 6.07) is 0. The van der Waals surface area contributed by atoms with E-state index in [4.69, 9.17) is 0 Å². The Kier molecular flexibility index (Phi) is 5.01. The molecule has 2 unspecified atom stereocenters. The molecule has 0 spiro atoms. The minimum atomic E-state index is 0.00736. The lowest BCUT2D eigenvalue weighted by Gasteiger charge is -2.45. The van der Waals surface area contributed by atoms with E-state index in [0.29, 0.717) is 17.6 Å². The lowest BCUT2D eigenvalue weighted by Crippen LogP contribution is -2.44. The second kappa shape index (κ2) is 5.84. The molecule has 0 N–H and O–H groups in total. The monoisotopic (exact) mass is 224 g/mol. The van der Waals surface area contributed by atoms with Gasteiger partial charge in [0.05, 0.1) is 0 Å². The van der Waals surface area contributed by atoms with Crippen LogP contribution in [-0.2, 0) is 4.79 Å². The van der Waals surface area contributed by atoms with E-state index in [-0.39, 0.29) is 5.41 Å². The molecular weight excluding hydrogens is 196 g/mol. The molecule has 0 bridgehead atoms. The lowest BCUT2D eigenvalue weighted by molar-refractivity contribution is -0.139. The molecule has 0 amide bonds. The number of hydrogen-bond donors (Lipinski definition) is 0. The third kappa shape index (κ3) is 2.49. The van der Waals surface area contributed by atoms with Gasteiger partial charge in [0.1, 0.15) is 5.78 Å². The second-order valence-corrected chi connectivity index (χ2v) is 5.87. The Morgan fingerprint density at radius 1 is 1.38 bits per heavy atom. The van der Waals surface area contributed by atoms with E-state index < -0.39 is 0 Å². The average Bonchev–Trinajstić information content (AvgIpc) is 2.22. The van der Waals surface area contributed by atoms with E-state index in [2.05, 4.69) is 27.7 Å². The standard InChI is InChI=1S/C15H28O/c1-5-6-7-11-15(12(2)3)13(4)9-8-10-14(15)16/h12-13H,5-11H2,1-4H3. The molecular formula is C15H28O. The average molecular weight is 224 g/mol. The molecule has 1 rings (SSSR count). The van der Waals surface area contributed by atoms with Gasteiger partial charge in [0.15, 0.2) is 0 Å². The summed E-state index contributed by atoms with van der Waals surface area (Å²) in [6.07, 6.45) is 8.06. The largest absolute Gasteiger partial charge is 0.299 e. The molecule has 1 saturated carbocycles. The molecule has 94 valence electrons. The van der Waals surface area contributed by atoms with E-state index in [1.165, 1.54) is 25.7 Å². The fraction of sp³-hybridized carbons (Fsp3) is 0.933. The smallest absolute Gasteiger partial charge is 0.139 e. The number of ketones is 1. The van der Waals surface area contributed by atoms with Crippen LogP contribution in [0.4, 0.5) is 0 Å². The van der Waals surface area contributed by atoms with Gasteiger partial charge in [-0.25, -0.2) is 0 Å². The number of rotatable bonds is 5. The predicted octanol–water partition coefficient (Wildman–Crippen LogP) is 4.60. The van der Waals surface area contributed by atoms with Crippen LogP contribution in [0.15, 0.2) is 0 Å². The number of Topliss-reactive ketones (excluding diaryl/α,β-unsaturated/α-hetero) is 1. The fourth-order valence-corrected chi connectivity index (χ4v) is 3.57. The van der Waals surface area contributed by atoms with Crippen molar-refractivity contribution >= 4 is 5.78 Å². The molecule has 0 aromatic carbocycles. The Hall–Kier alpha value is -0.330. The first kappa shape index (κ1) is 13.7. The third-order valence-corrected chi connectivity index (χ3v) is 4.66. The fourth-order valence-electron chi connectivity index (χ4n) is 3.57. The highest BCUT2D eigenvalue weighted by molar-refractivity contribution is 5.86. The summed E-state index contributed by atoms with van der Waals surface area (Å²) in [4.78, 5) is 12.4. The molecule has 0 radical (unpaired) electrons. The summed E-state index contributed by atoms with van der Waals surface area (Å²) >= 11 is 0. The highest BCUT2D eigenvalue weighted by Gasteiger charge is 2.46. The normalized spacial score (nSPS) is 31.1. The van der Waals surface area contributed by atoms with E-state index in [0.717, 1.165) is 19.3 Å². The molecule has 1 aliphatic carbocycles. The van der Waals surface area contributed by atoms with Crippen molar-refractivity contribution in [1.82, 2.24) is 0 Å². The van der Waals surface area contributed by atoms with Crippen molar-refractivity contribution in [2.75, 3.05) is 0 Å². The van der Waals surface area contributed by atoms with Gasteiger partial charge in [-0.15, -0.1) is 0 Å². The van der Waals surface area contributed by atoms with Crippen LogP contribution in [-0.4, -0.2) is 5.78 Å². The van der Waals surface area contributed by atoms with Crippen LogP contribution in [0.2, 0.25) is 0 Å². The maximum Gasteiger partial charge on any atom is 0.139 e. The summed E-state index contributed by atoms with van der Waals surface area (Å²) < 4.78 is 0. The van der Waals surface area contributed by atoms with Crippen molar-refractivity contribution < 1.29 is 4.79 Å². The number of carbonyl (C=O) groups is 1. The SMILES string of the molecule is CCCCCC1(C(C)C)C(=O)CCCC1C. The van der Waals surface area contributed by atoms with E-state index in [1.54, 1.807) is 0 Å². The molecule has 1 heteroatoms. The van der Waals surface area contributed by atoms with Crippen molar-refractivity contribution in [1.29, 1.82) is 0 Å². The Labute approximate surface area is 101 Å². The van der Waals surface area contributed by atoms with Gasteiger partial charge < -0.3 is 0 Å². The van der Waals surface area contributed by atoms with Gasteiger partial charge in [0.2, 0.25) is 0 Å². The first-order valence-electron chi connectivity index (χ1n) is 7.09. The first-order chi connectivity index (χ1) is 7.55. The molecule has 0 saturated heterocycles. The highest BCUT2D eigenvalue weighted by atomic mass is 16.1. The van der Waals surface area contributed by atoms with Gasteiger partial charge in [-0.3, -0.25) is 4.79 Å². The highest BCUT2D eigenvalue weighted by Crippen LogP contribution is 2.47. The van der Waals surface area contributed by atoms with Crippen molar-refractivity contribution in [3.05, 3.63) is 0 Å². The molecule has 0 aromatic heterocycles. The van der Waals surface area contributed by atoms with Crippen LogP contribution in [0.1, 0.15) is 72.6 Å². The van der Waals surface area contributed by atoms with Gasteiger partial charge in [0.25, 0.3) is 0 Å². The summed E-state index contributed by atoms with van der Waals surface area (Å²) in [5, 5.41) is 0. The maximum absolute atomic E-state index is 12.4. The minimum Gasteiger partial charge on any atom is -0.299 e. The predicted molar refractivity (Wildman–Crippen MR) is 69.4 cm³/mol.